The summed E-state index contributed by atoms with van der Waals surface area (Å²) in [5, 5.41) is 9.95. The Morgan fingerprint density at radius 2 is 1.97 bits per heavy atom. The van der Waals surface area contributed by atoms with E-state index in [-0.39, 0.29) is 23.8 Å². The fourth-order valence-corrected chi connectivity index (χ4v) is 4.52. The van der Waals surface area contributed by atoms with Crippen LogP contribution in [0.5, 0.6) is 5.88 Å². The van der Waals surface area contributed by atoms with Crippen LogP contribution >= 0.6 is 23.2 Å². The van der Waals surface area contributed by atoms with Crippen LogP contribution in [0.4, 0.5) is 0 Å². The third kappa shape index (κ3) is 5.11. The van der Waals surface area contributed by atoms with E-state index in [9.17, 15) is 4.79 Å². The second kappa shape index (κ2) is 9.78. The number of pyridine rings is 2. The lowest BCUT2D eigenvalue weighted by atomic mass is 9.86. The van der Waals surface area contributed by atoms with Gasteiger partial charge in [-0.2, -0.15) is 5.26 Å². The van der Waals surface area contributed by atoms with E-state index >= 15 is 0 Å². The van der Waals surface area contributed by atoms with Crippen LogP contribution in [-0.2, 0) is 0 Å². The number of amides is 1. The number of ether oxygens (including phenoxy) is 1. The second-order valence-electron chi connectivity index (χ2n) is 8.22. The van der Waals surface area contributed by atoms with Gasteiger partial charge in [-0.05, 0) is 49.2 Å². The number of carbonyl (C=O) groups excluding carboxylic acids is 1. The molecular formula is C25H22Cl2N4O2. The van der Waals surface area contributed by atoms with Crippen LogP contribution in [0, 0.1) is 24.2 Å². The molecule has 2 aromatic heterocycles. The number of aromatic nitrogens is 2. The molecule has 33 heavy (non-hydrogen) atoms. The van der Waals surface area contributed by atoms with E-state index in [1.54, 1.807) is 30.6 Å². The Bertz CT molecular complexity index is 1210. The average Bonchev–Trinajstić information content (AvgIpc) is 3.26. The van der Waals surface area contributed by atoms with Gasteiger partial charge in [0.2, 0.25) is 5.88 Å². The second-order valence-corrected chi connectivity index (χ2v) is 9.04. The van der Waals surface area contributed by atoms with Crippen LogP contribution in [0.15, 0.2) is 55.0 Å². The monoisotopic (exact) mass is 480 g/mol. The van der Waals surface area contributed by atoms with Gasteiger partial charge < -0.3 is 9.64 Å². The SMILES string of the molecule is Cc1cncc(C(=O)N2CC([C@H](C)Oc3ccc(C#N)cn3)[C@@H](c3ccc(Cl)c(Cl)c3)C2)c1. The number of nitriles is 1. The minimum absolute atomic E-state index is 0.00475. The summed E-state index contributed by atoms with van der Waals surface area (Å²) in [6, 6.07) is 12.8. The molecule has 1 aliphatic rings. The lowest BCUT2D eigenvalue weighted by molar-refractivity contribution is 0.0769. The van der Waals surface area contributed by atoms with Gasteiger partial charge in [0.25, 0.3) is 5.91 Å². The summed E-state index contributed by atoms with van der Waals surface area (Å²) in [6.45, 7) is 4.91. The molecule has 3 heterocycles. The van der Waals surface area contributed by atoms with Crippen molar-refractivity contribution in [2.24, 2.45) is 5.92 Å². The van der Waals surface area contributed by atoms with Gasteiger partial charge in [-0.25, -0.2) is 4.98 Å². The van der Waals surface area contributed by atoms with Crippen LogP contribution in [0.25, 0.3) is 0 Å². The fraction of sp³-hybridized carbons (Fsp3) is 0.280. The first-order valence-corrected chi connectivity index (χ1v) is 11.3. The molecule has 1 aliphatic heterocycles. The number of benzene rings is 1. The molecule has 3 atom stereocenters. The first-order chi connectivity index (χ1) is 15.9. The highest BCUT2D eigenvalue weighted by Gasteiger charge is 2.40. The number of halogens is 2. The fourth-order valence-electron chi connectivity index (χ4n) is 4.21. The summed E-state index contributed by atoms with van der Waals surface area (Å²) in [6.07, 6.45) is 4.55. The van der Waals surface area contributed by atoms with E-state index < -0.39 is 0 Å². The molecular weight excluding hydrogens is 459 g/mol. The molecule has 1 fully saturated rings. The first-order valence-electron chi connectivity index (χ1n) is 10.5. The van der Waals surface area contributed by atoms with E-state index in [1.807, 2.05) is 43.0 Å². The third-order valence-corrected chi connectivity index (χ3v) is 6.66. The Hall–Kier alpha value is -3.14. The lowest BCUT2D eigenvalue weighted by Gasteiger charge is -2.25. The summed E-state index contributed by atoms with van der Waals surface area (Å²) in [4.78, 5) is 23.5. The molecule has 1 saturated heterocycles. The molecule has 1 unspecified atom stereocenters. The zero-order chi connectivity index (χ0) is 23.5. The van der Waals surface area contributed by atoms with Crippen molar-refractivity contribution < 1.29 is 9.53 Å². The van der Waals surface area contributed by atoms with Crippen molar-refractivity contribution in [3.63, 3.8) is 0 Å². The van der Waals surface area contributed by atoms with Crippen molar-refractivity contribution in [3.8, 4) is 11.9 Å². The molecule has 1 aromatic carbocycles. The highest BCUT2D eigenvalue weighted by molar-refractivity contribution is 6.42. The van der Waals surface area contributed by atoms with E-state index in [2.05, 4.69) is 9.97 Å². The van der Waals surface area contributed by atoms with Gasteiger partial charge in [-0.15, -0.1) is 0 Å². The molecule has 1 amide bonds. The number of hydrogen-bond donors (Lipinski definition) is 0. The van der Waals surface area contributed by atoms with Crippen molar-refractivity contribution in [2.75, 3.05) is 13.1 Å². The van der Waals surface area contributed by atoms with E-state index in [0.717, 1.165) is 11.1 Å². The molecule has 0 saturated carbocycles. The predicted octanol–water partition coefficient (Wildman–Crippen LogP) is 5.29. The van der Waals surface area contributed by atoms with Crippen molar-refractivity contribution in [3.05, 3.63) is 87.3 Å². The summed E-state index contributed by atoms with van der Waals surface area (Å²) >= 11 is 12.4. The zero-order valence-electron chi connectivity index (χ0n) is 18.2. The highest BCUT2D eigenvalue weighted by atomic mass is 35.5. The van der Waals surface area contributed by atoms with Crippen LogP contribution in [0.2, 0.25) is 10.0 Å². The van der Waals surface area contributed by atoms with Gasteiger partial charge in [-0.3, -0.25) is 9.78 Å². The quantitative estimate of drug-likeness (QED) is 0.495. The summed E-state index contributed by atoms with van der Waals surface area (Å²) < 4.78 is 6.13. The van der Waals surface area contributed by atoms with Gasteiger partial charge in [0.15, 0.2) is 0 Å². The van der Waals surface area contributed by atoms with Crippen LogP contribution < -0.4 is 4.74 Å². The number of hydrogen-bond acceptors (Lipinski definition) is 5. The molecule has 0 aliphatic carbocycles. The first kappa shape index (κ1) is 23.0. The maximum Gasteiger partial charge on any atom is 0.255 e. The number of nitrogens with zero attached hydrogens (tertiary/aromatic N) is 4. The maximum absolute atomic E-state index is 13.2. The Morgan fingerprint density at radius 1 is 1.15 bits per heavy atom. The Kier molecular flexibility index (Phi) is 6.83. The average molecular weight is 481 g/mol. The largest absolute Gasteiger partial charge is 0.474 e. The molecule has 8 heteroatoms. The minimum atomic E-state index is -0.252. The Morgan fingerprint density at radius 3 is 2.64 bits per heavy atom. The third-order valence-electron chi connectivity index (χ3n) is 5.92. The predicted molar refractivity (Wildman–Crippen MR) is 127 cm³/mol. The number of carbonyl (C=O) groups is 1. The molecule has 6 nitrogen and oxygen atoms in total. The lowest BCUT2D eigenvalue weighted by Crippen LogP contribution is -2.32. The minimum Gasteiger partial charge on any atom is -0.474 e. The summed E-state index contributed by atoms with van der Waals surface area (Å²) in [5.74, 6) is 0.348. The number of aryl methyl sites for hydroxylation is 1. The number of likely N-dealkylation sites (tertiary alicyclic amines) is 1. The van der Waals surface area contributed by atoms with Gasteiger partial charge in [0, 0.05) is 49.6 Å². The van der Waals surface area contributed by atoms with Crippen molar-refractivity contribution in [1.82, 2.24) is 14.9 Å². The van der Waals surface area contributed by atoms with E-state index in [4.69, 9.17) is 33.2 Å². The van der Waals surface area contributed by atoms with Crippen molar-refractivity contribution >= 4 is 29.1 Å². The molecule has 0 bridgehead atoms. The van der Waals surface area contributed by atoms with Gasteiger partial charge in [0.05, 0.1) is 21.2 Å². The number of rotatable bonds is 5. The molecule has 4 rings (SSSR count). The molecule has 0 spiro atoms. The molecule has 3 aromatic rings. The van der Waals surface area contributed by atoms with E-state index in [1.165, 1.54) is 6.20 Å². The van der Waals surface area contributed by atoms with Crippen molar-refractivity contribution in [1.29, 1.82) is 5.26 Å². The van der Waals surface area contributed by atoms with Gasteiger partial charge >= 0.3 is 0 Å². The highest BCUT2D eigenvalue weighted by Crippen LogP contribution is 2.38. The maximum atomic E-state index is 13.2. The van der Waals surface area contributed by atoms with Crippen LogP contribution in [0.1, 0.15) is 39.9 Å². The summed E-state index contributed by atoms with van der Waals surface area (Å²) in [7, 11) is 0. The topological polar surface area (TPSA) is 79.1 Å². The van der Waals surface area contributed by atoms with Crippen LogP contribution in [0.3, 0.4) is 0 Å². The smallest absolute Gasteiger partial charge is 0.255 e. The zero-order valence-corrected chi connectivity index (χ0v) is 19.7. The van der Waals surface area contributed by atoms with Gasteiger partial charge in [0.1, 0.15) is 12.2 Å². The van der Waals surface area contributed by atoms with E-state index in [0.29, 0.717) is 40.1 Å². The summed E-state index contributed by atoms with van der Waals surface area (Å²) in [5.41, 5.74) is 2.95. The molecule has 0 N–H and O–H groups in total. The molecule has 0 radical (unpaired) electrons. The molecule has 168 valence electrons. The standard InChI is InChI=1S/C25H22Cl2N4O2/c1-15-7-19(12-29-10-15)25(32)31-13-20(16(2)33-24-6-3-17(9-28)11-30-24)21(14-31)18-4-5-22(26)23(27)8-18/h3-8,10-12,16,20-21H,13-14H2,1-2H3/t16-,20?,21+/m0/s1. The van der Waals surface area contributed by atoms with Crippen molar-refractivity contribution in [2.45, 2.75) is 25.9 Å². The van der Waals surface area contributed by atoms with Gasteiger partial charge in [-0.1, -0.05) is 29.3 Å². The van der Waals surface area contributed by atoms with Crippen LogP contribution in [-0.4, -0.2) is 40.0 Å². The normalized spacial score (nSPS) is 18.6. The Balaban J connectivity index is 1.61. The Labute approximate surface area is 202 Å².